The third-order valence-electron chi connectivity index (χ3n) is 1.11. The van der Waals surface area contributed by atoms with Gasteiger partial charge in [0.15, 0.2) is 6.04 Å². The minimum atomic E-state index is 0.0775. The first-order chi connectivity index (χ1) is 5.24. The lowest BCUT2D eigenvalue weighted by atomic mass is 10.4. The van der Waals surface area contributed by atoms with E-state index >= 15 is 0 Å². The van der Waals surface area contributed by atoms with Crippen molar-refractivity contribution in [2.75, 3.05) is 5.75 Å². The Hall–Kier alpha value is -0.550. The summed E-state index contributed by atoms with van der Waals surface area (Å²) in [5, 5.41) is 8.30. The number of quaternary nitrogens is 1. The van der Waals surface area contributed by atoms with Crippen LogP contribution in [-0.4, -0.2) is 16.0 Å². The molecule has 0 saturated heterocycles. The molecule has 0 aliphatic heterocycles. The van der Waals surface area contributed by atoms with Crippen molar-refractivity contribution in [2.45, 2.75) is 25.1 Å². The first-order valence-electron chi connectivity index (χ1n) is 3.53. The molecule has 0 amide bonds. The smallest absolute Gasteiger partial charge is 0.276 e. The summed E-state index contributed by atoms with van der Waals surface area (Å²) in [4.78, 5) is 0. The van der Waals surface area contributed by atoms with E-state index in [0.717, 1.165) is 5.75 Å². The van der Waals surface area contributed by atoms with Gasteiger partial charge in [-0.1, -0.05) is 18.7 Å². The van der Waals surface area contributed by atoms with Crippen LogP contribution in [0.3, 0.4) is 0 Å². The second-order valence-electron chi connectivity index (χ2n) is 2.24. The first kappa shape index (κ1) is 8.55. The highest BCUT2D eigenvalue weighted by molar-refractivity contribution is 7.99. The lowest BCUT2D eigenvalue weighted by molar-refractivity contribution is -0.425. The fourth-order valence-corrected chi connectivity index (χ4v) is 1.09. The van der Waals surface area contributed by atoms with Crippen molar-refractivity contribution in [3.63, 3.8) is 0 Å². The number of rotatable bonds is 3. The third-order valence-corrected chi connectivity index (χ3v) is 1.81. The van der Waals surface area contributed by atoms with Gasteiger partial charge in [0.05, 0.1) is 0 Å². The van der Waals surface area contributed by atoms with Crippen LogP contribution in [-0.2, 0) is 0 Å². The molecule has 0 saturated carbocycles. The van der Waals surface area contributed by atoms with E-state index in [4.69, 9.17) is 4.42 Å². The van der Waals surface area contributed by atoms with Gasteiger partial charge in [0.1, 0.15) is 0 Å². The minimum Gasteiger partial charge on any atom is -0.410 e. The summed E-state index contributed by atoms with van der Waals surface area (Å²) < 4.78 is 5.26. The van der Waals surface area contributed by atoms with E-state index < -0.39 is 0 Å². The highest BCUT2D eigenvalue weighted by Gasteiger charge is 2.11. The number of hydrogen-bond donors (Lipinski definition) is 1. The largest absolute Gasteiger partial charge is 0.410 e. The summed E-state index contributed by atoms with van der Waals surface area (Å²) in [6.45, 7) is 3.97. The van der Waals surface area contributed by atoms with Gasteiger partial charge in [-0.05, 0) is 12.7 Å². The van der Waals surface area contributed by atoms with Crippen molar-refractivity contribution in [1.29, 1.82) is 0 Å². The van der Waals surface area contributed by atoms with Crippen molar-refractivity contribution >= 4 is 11.8 Å². The first-order valence-corrected chi connectivity index (χ1v) is 4.52. The molecule has 0 spiro atoms. The van der Waals surface area contributed by atoms with E-state index in [0.29, 0.717) is 11.1 Å². The van der Waals surface area contributed by atoms with E-state index in [9.17, 15) is 0 Å². The van der Waals surface area contributed by atoms with Crippen molar-refractivity contribution in [3.8, 4) is 0 Å². The molecule has 0 aromatic carbocycles. The molecule has 4 nitrogen and oxygen atoms in total. The van der Waals surface area contributed by atoms with Crippen LogP contribution in [0.1, 0.15) is 25.8 Å². The number of aromatic nitrogens is 2. The Labute approximate surface area is 69.6 Å². The topological polar surface area (TPSA) is 66.6 Å². The van der Waals surface area contributed by atoms with Crippen LogP contribution in [0, 0.1) is 0 Å². The van der Waals surface area contributed by atoms with Crippen LogP contribution < -0.4 is 5.73 Å². The Morgan fingerprint density at radius 2 is 2.36 bits per heavy atom. The summed E-state index contributed by atoms with van der Waals surface area (Å²) in [6.07, 6.45) is 0. The molecule has 1 atom stereocenters. The standard InChI is InChI=1S/C6H11N3OS/c1-3-11-6-9-8-5(10-6)4(2)7/h4H,3,7H2,1-2H3/p+1/t4-/m0/s1. The summed E-state index contributed by atoms with van der Waals surface area (Å²) in [6, 6.07) is 0.0775. The molecule has 62 valence electrons. The maximum Gasteiger partial charge on any atom is 0.276 e. The van der Waals surface area contributed by atoms with Gasteiger partial charge in [0, 0.05) is 0 Å². The van der Waals surface area contributed by atoms with Crippen molar-refractivity contribution < 1.29 is 10.2 Å². The van der Waals surface area contributed by atoms with Crippen molar-refractivity contribution in [2.24, 2.45) is 0 Å². The summed E-state index contributed by atoms with van der Waals surface area (Å²) in [5.74, 6) is 1.56. The average Bonchev–Trinajstić information content (AvgIpc) is 2.37. The monoisotopic (exact) mass is 174 g/mol. The molecule has 1 heterocycles. The fraction of sp³-hybridized carbons (Fsp3) is 0.667. The van der Waals surface area contributed by atoms with Crippen molar-refractivity contribution in [3.05, 3.63) is 5.89 Å². The Kier molecular flexibility index (Phi) is 2.90. The number of thioether (sulfide) groups is 1. The van der Waals surface area contributed by atoms with E-state index in [1.807, 2.05) is 13.8 Å². The van der Waals surface area contributed by atoms with Crippen LogP contribution in [0.5, 0.6) is 0 Å². The van der Waals surface area contributed by atoms with Gasteiger partial charge in [-0.25, -0.2) is 0 Å². The van der Waals surface area contributed by atoms with Crippen LogP contribution in [0.25, 0.3) is 0 Å². The molecule has 0 fully saturated rings. The molecule has 0 unspecified atom stereocenters. The van der Waals surface area contributed by atoms with Crippen molar-refractivity contribution in [1.82, 2.24) is 10.2 Å². The highest BCUT2D eigenvalue weighted by atomic mass is 32.2. The zero-order chi connectivity index (χ0) is 8.27. The maximum absolute atomic E-state index is 5.26. The van der Waals surface area contributed by atoms with Crippen LogP contribution in [0.15, 0.2) is 9.64 Å². The molecule has 3 N–H and O–H groups in total. The average molecular weight is 174 g/mol. The van der Waals surface area contributed by atoms with E-state index in [2.05, 4.69) is 15.9 Å². The van der Waals surface area contributed by atoms with Gasteiger partial charge in [-0.2, -0.15) is 0 Å². The lowest BCUT2D eigenvalue weighted by Crippen LogP contribution is -2.51. The predicted octanol–water partition coefficient (Wildman–Crippen LogP) is 0.485. The zero-order valence-corrected chi connectivity index (χ0v) is 7.52. The van der Waals surface area contributed by atoms with Crippen LogP contribution >= 0.6 is 11.8 Å². The molecule has 0 aliphatic carbocycles. The number of hydrogen-bond acceptors (Lipinski definition) is 4. The summed E-state index contributed by atoms with van der Waals surface area (Å²) in [5.41, 5.74) is 3.78. The van der Waals surface area contributed by atoms with Gasteiger partial charge in [-0.3, -0.25) is 0 Å². The van der Waals surface area contributed by atoms with E-state index in [-0.39, 0.29) is 6.04 Å². The SMILES string of the molecule is CCSc1nnc([C@H](C)[NH3+])o1. The molecule has 0 aliphatic rings. The molecule has 1 aromatic heterocycles. The molecular weight excluding hydrogens is 162 g/mol. The number of nitrogens with zero attached hydrogens (tertiary/aromatic N) is 2. The van der Waals surface area contributed by atoms with Gasteiger partial charge < -0.3 is 10.2 Å². The predicted molar refractivity (Wildman–Crippen MR) is 42.0 cm³/mol. The van der Waals surface area contributed by atoms with Gasteiger partial charge in [-0.15, -0.1) is 10.2 Å². The molecule has 0 radical (unpaired) electrons. The molecule has 1 rings (SSSR count). The quantitative estimate of drug-likeness (QED) is 0.677. The Morgan fingerprint density at radius 3 is 2.82 bits per heavy atom. The van der Waals surface area contributed by atoms with Crippen LogP contribution in [0.4, 0.5) is 0 Å². The molecule has 11 heavy (non-hydrogen) atoms. The molecule has 5 heteroatoms. The lowest BCUT2D eigenvalue weighted by Gasteiger charge is -1.90. The minimum absolute atomic E-state index is 0.0775. The fourth-order valence-electron chi connectivity index (χ4n) is 0.601. The second kappa shape index (κ2) is 3.73. The maximum atomic E-state index is 5.26. The van der Waals surface area contributed by atoms with E-state index in [1.165, 1.54) is 0 Å². The molecule has 1 aromatic rings. The normalized spacial score (nSPS) is 13.4. The van der Waals surface area contributed by atoms with Crippen LogP contribution in [0.2, 0.25) is 0 Å². The highest BCUT2D eigenvalue weighted by Crippen LogP contribution is 2.16. The molecule has 0 bridgehead atoms. The summed E-state index contributed by atoms with van der Waals surface area (Å²) >= 11 is 1.55. The van der Waals surface area contributed by atoms with Gasteiger partial charge in [0.25, 0.3) is 11.1 Å². The molecular formula is C6H12N3OS+. The summed E-state index contributed by atoms with van der Waals surface area (Å²) in [7, 11) is 0. The Balaban J connectivity index is 2.66. The third kappa shape index (κ3) is 2.20. The zero-order valence-electron chi connectivity index (χ0n) is 6.70. The Morgan fingerprint density at radius 1 is 1.64 bits per heavy atom. The van der Waals surface area contributed by atoms with Gasteiger partial charge in [0.2, 0.25) is 0 Å². The van der Waals surface area contributed by atoms with Gasteiger partial charge >= 0.3 is 0 Å². The Bertz CT molecular complexity index is 223. The second-order valence-corrected chi connectivity index (χ2v) is 3.46. The van der Waals surface area contributed by atoms with E-state index in [1.54, 1.807) is 11.8 Å².